The van der Waals surface area contributed by atoms with Crippen molar-refractivity contribution in [2.24, 2.45) is 0 Å². The quantitative estimate of drug-likeness (QED) is 0.846. The van der Waals surface area contributed by atoms with Crippen molar-refractivity contribution in [1.82, 2.24) is 10.2 Å². The number of amides is 1. The van der Waals surface area contributed by atoms with E-state index in [-0.39, 0.29) is 11.9 Å². The summed E-state index contributed by atoms with van der Waals surface area (Å²) in [4.78, 5) is 14.5. The average Bonchev–Trinajstić information content (AvgIpc) is 2.59. The van der Waals surface area contributed by atoms with Crippen molar-refractivity contribution < 1.29 is 9.18 Å². The fraction of sp³-hybridized carbons (Fsp3) is 0.316. The lowest BCUT2D eigenvalue weighted by atomic mass is 10.0. The van der Waals surface area contributed by atoms with Gasteiger partial charge in [0.1, 0.15) is 5.82 Å². The van der Waals surface area contributed by atoms with Crippen LogP contribution in [0, 0.1) is 5.82 Å². The third kappa shape index (κ3) is 4.63. The van der Waals surface area contributed by atoms with Crippen LogP contribution >= 0.6 is 0 Å². The fourth-order valence-corrected chi connectivity index (χ4v) is 2.72. The molecule has 0 radical (unpaired) electrons. The third-order valence-corrected chi connectivity index (χ3v) is 3.98. The van der Waals surface area contributed by atoms with Crippen molar-refractivity contribution in [2.75, 3.05) is 19.6 Å². The number of carbonyl (C=O) groups excluding carboxylic acids is 1. The van der Waals surface area contributed by atoms with Crippen LogP contribution in [0.25, 0.3) is 0 Å². The molecule has 1 N–H and O–H groups in total. The molecule has 0 saturated carbocycles. The topological polar surface area (TPSA) is 32.3 Å². The number of nitrogens with zero attached hydrogens (tertiary/aromatic N) is 1. The maximum Gasteiger partial charge on any atom is 0.251 e. The van der Waals surface area contributed by atoms with Crippen LogP contribution in [0.15, 0.2) is 54.6 Å². The van der Waals surface area contributed by atoms with Gasteiger partial charge in [-0.2, -0.15) is 0 Å². The Morgan fingerprint density at radius 2 is 1.78 bits per heavy atom. The van der Waals surface area contributed by atoms with E-state index in [2.05, 4.69) is 36.2 Å². The number of hydrogen-bond acceptors (Lipinski definition) is 2. The van der Waals surface area contributed by atoms with Crippen LogP contribution < -0.4 is 5.32 Å². The number of halogens is 1. The minimum Gasteiger partial charge on any atom is -0.350 e. The molecule has 2 aromatic carbocycles. The molecule has 2 aromatic rings. The zero-order valence-electron chi connectivity index (χ0n) is 13.6. The van der Waals surface area contributed by atoms with Crippen LogP contribution in [0.4, 0.5) is 4.39 Å². The third-order valence-electron chi connectivity index (χ3n) is 3.98. The average molecular weight is 314 g/mol. The first-order valence-corrected chi connectivity index (χ1v) is 7.98. The van der Waals surface area contributed by atoms with Crippen LogP contribution in [0.5, 0.6) is 0 Å². The summed E-state index contributed by atoms with van der Waals surface area (Å²) in [5, 5.41) is 2.93. The molecule has 0 aromatic heterocycles. The number of benzene rings is 2. The highest BCUT2D eigenvalue weighted by atomic mass is 19.1. The van der Waals surface area contributed by atoms with E-state index in [0.717, 1.165) is 18.7 Å². The number of carbonyl (C=O) groups is 1. The highest BCUT2D eigenvalue weighted by Crippen LogP contribution is 2.19. The van der Waals surface area contributed by atoms with Crippen molar-refractivity contribution in [1.29, 1.82) is 0 Å². The van der Waals surface area contributed by atoms with Crippen LogP contribution in [-0.4, -0.2) is 30.4 Å². The number of nitrogens with one attached hydrogen (secondary N) is 1. The molecule has 1 unspecified atom stereocenters. The minimum atomic E-state index is -0.402. The maximum absolute atomic E-state index is 13.2. The summed E-state index contributed by atoms with van der Waals surface area (Å²) in [5.74, 6) is -0.654. The molecule has 4 heteroatoms. The summed E-state index contributed by atoms with van der Waals surface area (Å²) in [5.41, 5.74) is 1.51. The van der Waals surface area contributed by atoms with Gasteiger partial charge < -0.3 is 5.32 Å². The monoisotopic (exact) mass is 314 g/mol. The van der Waals surface area contributed by atoms with Gasteiger partial charge in [0.15, 0.2) is 0 Å². The molecule has 2 rings (SSSR count). The van der Waals surface area contributed by atoms with E-state index in [0.29, 0.717) is 12.1 Å². The molecule has 0 bridgehead atoms. The largest absolute Gasteiger partial charge is 0.350 e. The van der Waals surface area contributed by atoms with Gasteiger partial charge in [0.05, 0.1) is 6.04 Å². The molecule has 1 amide bonds. The van der Waals surface area contributed by atoms with Crippen molar-refractivity contribution in [3.8, 4) is 0 Å². The molecule has 0 fully saturated rings. The number of hydrogen-bond donors (Lipinski definition) is 1. The molecule has 0 aliphatic heterocycles. The second-order valence-electron chi connectivity index (χ2n) is 5.37. The van der Waals surface area contributed by atoms with Crippen LogP contribution in [0.1, 0.15) is 35.8 Å². The second kappa shape index (κ2) is 8.44. The van der Waals surface area contributed by atoms with E-state index in [1.54, 1.807) is 12.1 Å². The molecule has 0 aliphatic carbocycles. The minimum absolute atomic E-state index is 0.101. The summed E-state index contributed by atoms with van der Waals surface area (Å²) >= 11 is 0. The van der Waals surface area contributed by atoms with Crippen molar-refractivity contribution in [2.45, 2.75) is 19.9 Å². The summed E-state index contributed by atoms with van der Waals surface area (Å²) in [7, 11) is 0. The first-order valence-electron chi connectivity index (χ1n) is 7.98. The van der Waals surface area contributed by atoms with Gasteiger partial charge in [-0.05, 0) is 36.9 Å². The Bertz CT molecular complexity index is 626. The molecule has 0 saturated heterocycles. The van der Waals surface area contributed by atoms with E-state index in [1.807, 2.05) is 18.2 Å². The van der Waals surface area contributed by atoms with Gasteiger partial charge in [-0.15, -0.1) is 0 Å². The van der Waals surface area contributed by atoms with Crippen LogP contribution in [0.3, 0.4) is 0 Å². The van der Waals surface area contributed by atoms with E-state index in [1.165, 1.54) is 12.1 Å². The Balaban J connectivity index is 2.10. The normalized spacial score (nSPS) is 12.2. The van der Waals surface area contributed by atoms with Gasteiger partial charge >= 0.3 is 0 Å². The molecule has 23 heavy (non-hydrogen) atoms. The van der Waals surface area contributed by atoms with Gasteiger partial charge in [-0.3, -0.25) is 9.69 Å². The Morgan fingerprint density at radius 3 is 2.39 bits per heavy atom. The number of rotatable bonds is 7. The predicted molar refractivity (Wildman–Crippen MR) is 90.8 cm³/mol. The van der Waals surface area contributed by atoms with Gasteiger partial charge in [-0.1, -0.05) is 50.2 Å². The SMILES string of the molecule is CCN(CC)C(CNC(=O)c1cccc(F)c1)c1ccccc1. The van der Waals surface area contributed by atoms with Crippen LogP contribution in [0.2, 0.25) is 0 Å². The Morgan fingerprint density at radius 1 is 1.09 bits per heavy atom. The summed E-state index contributed by atoms with van der Waals surface area (Å²) < 4.78 is 13.2. The molecule has 3 nitrogen and oxygen atoms in total. The summed E-state index contributed by atoms with van der Waals surface area (Å²) in [6.45, 7) is 6.49. The van der Waals surface area contributed by atoms with E-state index >= 15 is 0 Å². The molecule has 0 spiro atoms. The molecule has 0 aliphatic rings. The Hall–Kier alpha value is -2.20. The standard InChI is InChI=1S/C19H23FN2O/c1-3-22(4-2)18(15-9-6-5-7-10-15)14-21-19(23)16-11-8-12-17(20)13-16/h5-13,18H,3-4,14H2,1-2H3,(H,21,23). The molecule has 0 heterocycles. The molecule has 1 atom stereocenters. The first-order chi connectivity index (χ1) is 11.2. The lowest BCUT2D eigenvalue weighted by Crippen LogP contribution is -2.38. The Labute approximate surface area is 137 Å². The zero-order chi connectivity index (χ0) is 16.7. The zero-order valence-corrected chi connectivity index (χ0v) is 13.6. The van der Waals surface area contributed by atoms with Gasteiger partial charge in [0.25, 0.3) is 5.91 Å². The lowest BCUT2D eigenvalue weighted by molar-refractivity contribution is 0.0934. The van der Waals surface area contributed by atoms with Gasteiger partial charge in [-0.25, -0.2) is 4.39 Å². The molecular formula is C19H23FN2O. The highest BCUT2D eigenvalue weighted by Gasteiger charge is 2.19. The van der Waals surface area contributed by atoms with Gasteiger partial charge in [0, 0.05) is 12.1 Å². The fourth-order valence-electron chi connectivity index (χ4n) is 2.72. The van der Waals surface area contributed by atoms with E-state index < -0.39 is 5.82 Å². The summed E-state index contributed by atoms with van der Waals surface area (Å²) in [6.07, 6.45) is 0. The van der Waals surface area contributed by atoms with Crippen molar-refractivity contribution >= 4 is 5.91 Å². The van der Waals surface area contributed by atoms with Gasteiger partial charge in [0.2, 0.25) is 0 Å². The van der Waals surface area contributed by atoms with E-state index in [4.69, 9.17) is 0 Å². The maximum atomic E-state index is 13.2. The second-order valence-corrected chi connectivity index (χ2v) is 5.37. The lowest BCUT2D eigenvalue weighted by Gasteiger charge is -2.30. The first kappa shape index (κ1) is 17.2. The smallest absolute Gasteiger partial charge is 0.251 e. The summed E-state index contributed by atoms with van der Waals surface area (Å²) in [6, 6.07) is 16.0. The van der Waals surface area contributed by atoms with Crippen molar-refractivity contribution in [3.05, 3.63) is 71.5 Å². The molecule has 122 valence electrons. The molecular weight excluding hydrogens is 291 g/mol. The number of likely N-dealkylation sites (N-methyl/N-ethyl adjacent to an activating group) is 1. The van der Waals surface area contributed by atoms with E-state index in [9.17, 15) is 9.18 Å². The predicted octanol–water partition coefficient (Wildman–Crippen LogP) is 3.64. The highest BCUT2D eigenvalue weighted by molar-refractivity contribution is 5.94. The van der Waals surface area contributed by atoms with Crippen LogP contribution in [-0.2, 0) is 0 Å². The Kier molecular flexibility index (Phi) is 6.29. The van der Waals surface area contributed by atoms with Crippen molar-refractivity contribution in [3.63, 3.8) is 0 Å².